The summed E-state index contributed by atoms with van der Waals surface area (Å²) in [5, 5.41) is 12.3. The van der Waals surface area contributed by atoms with Gasteiger partial charge in [-0.25, -0.2) is 4.98 Å². The Hall–Kier alpha value is -1.21. The third-order valence-corrected chi connectivity index (χ3v) is 4.76. The SMILES string of the molecule is CC1CCCN(c2nc(-c3nnc(N)s3)cs2)C1. The van der Waals surface area contributed by atoms with Crippen molar-refractivity contribution in [3.05, 3.63) is 5.38 Å². The fourth-order valence-electron chi connectivity index (χ4n) is 2.21. The van der Waals surface area contributed by atoms with E-state index in [0.717, 1.165) is 34.8 Å². The molecule has 0 saturated carbocycles. The molecule has 1 unspecified atom stereocenters. The molecule has 0 aliphatic carbocycles. The Morgan fingerprint density at radius 1 is 1.44 bits per heavy atom. The highest BCUT2D eigenvalue weighted by Gasteiger charge is 2.20. The number of rotatable bonds is 2. The van der Waals surface area contributed by atoms with E-state index in [1.54, 1.807) is 11.3 Å². The molecule has 0 radical (unpaired) electrons. The Bertz CT molecular complexity index is 535. The zero-order chi connectivity index (χ0) is 12.5. The normalized spacial score (nSPS) is 20.3. The molecule has 0 spiro atoms. The van der Waals surface area contributed by atoms with Gasteiger partial charge in [-0.15, -0.1) is 21.5 Å². The molecule has 2 aromatic heterocycles. The summed E-state index contributed by atoms with van der Waals surface area (Å²) in [6.45, 7) is 4.51. The molecule has 1 atom stereocenters. The van der Waals surface area contributed by atoms with E-state index >= 15 is 0 Å². The first-order valence-corrected chi connectivity index (χ1v) is 7.72. The average molecular weight is 281 g/mol. The standard InChI is InChI=1S/C11H15N5S2/c1-7-3-2-4-16(5-7)11-13-8(6-17-11)9-14-15-10(12)18-9/h6-7H,2-5H2,1H3,(H2,12,15). The molecule has 2 N–H and O–H groups in total. The van der Waals surface area contributed by atoms with Crippen molar-refractivity contribution < 1.29 is 0 Å². The van der Waals surface area contributed by atoms with Crippen LogP contribution in [0.1, 0.15) is 19.8 Å². The van der Waals surface area contributed by atoms with Crippen molar-refractivity contribution in [3.63, 3.8) is 0 Å². The molecule has 3 rings (SSSR count). The Balaban J connectivity index is 1.80. The van der Waals surface area contributed by atoms with E-state index in [9.17, 15) is 0 Å². The van der Waals surface area contributed by atoms with E-state index in [1.807, 2.05) is 5.38 Å². The molecule has 2 aromatic rings. The first kappa shape index (κ1) is 11.9. The smallest absolute Gasteiger partial charge is 0.203 e. The number of anilines is 2. The number of nitrogens with two attached hydrogens (primary N) is 1. The van der Waals surface area contributed by atoms with Gasteiger partial charge in [-0.2, -0.15) is 0 Å². The van der Waals surface area contributed by atoms with Crippen LogP contribution < -0.4 is 10.6 Å². The fraction of sp³-hybridized carbons (Fsp3) is 0.545. The van der Waals surface area contributed by atoms with Crippen molar-refractivity contribution in [2.75, 3.05) is 23.7 Å². The van der Waals surface area contributed by atoms with Gasteiger partial charge in [0.05, 0.1) is 0 Å². The maximum Gasteiger partial charge on any atom is 0.203 e. The molecule has 7 heteroatoms. The number of piperidine rings is 1. The summed E-state index contributed by atoms with van der Waals surface area (Å²) < 4.78 is 0. The van der Waals surface area contributed by atoms with Gasteiger partial charge < -0.3 is 10.6 Å². The lowest BCUT2D eigenvalue weighted by Crippen LogP contribution is -2.34. The van der Waals surface area contributed by atoms with Gasteiger partial charge in [0.2, 0.25) is 5.13 Å². The minimum atomic E-state index is 0.492. The van der Waals surface area contributed by atoms with Crippen LogP contribution in [0.25, 0.3) is 10.7 Å². The Morgan fingerprint density at radius 2 is 2.33 bits per heavy atom. The first-order valence-electron chi connectivity index (χ1n) is 6.02. The molecule has 0 aromatic carbocycles. The van der Waals surface area contributed by atoms with E-state index in [-0.39, 0.29) is 0 Å². The lowest BCUT2D eigenvalue weighted by molar-refractivity contribution is 0.446. The average Bonchev–Trinajstić information content (AvgIpc) is 2.97. The molecule has 18 heavy (non-hydrogen) atoms. The van der Waals surface area contributed by atoms with Gasteiger partial charge in [0.1, 0.15) is 5.69 Å². The van der Waals surface area contributed by atoms with E-state index < -0.39 is 0 Å². The molecule has 5 nitrogen and oxygen atoms in total. The topological polar surface area (TPSA) is 67.9 Å². The summed E-state index contributed by atoms with van der Waals surface area (Å²) >= 11 is 3.06. The third kappa shape index (κ3) is 2.32. The largest absolute Gasteiger partial charge is 0.374 e. The van der Waals surface area contributed by atoms with Gasteiger partial charge in [0.15, 0.2) is 10.1 Å². The molecule has 0 bridgehead atoms. The molecule has 1 fully saturated rings. The highest BCUT2D eigenvalue weighted by molar-refractivity contribution is 7.19. The third-order valence-electron chi connectivity index (χ3n) is 3.08. The monoisotopic (exact) mass is 281 g/mol. The zero-order valence-corrected chi connectivity index (χ0v) is 11.8. The fourth-order valence-corrected chi connectivity index (χ4v) is 3.70. The number of hydrogen-bond acceptors (Lipinski definition) is 7. The highest BCUT2D eigenvalue weighted by Crippen LogP contribution is 2.31. The van der Waals surface area contributed by atoms with Crippen LogP contribution in [0.5, 0.6) is 0 Å². The summed E-state index contributed by atoms with van der Waals surface area (Å²) in [7, 11) is 0. The number of thiazole rings is 1. The van der Waals surface area contributed by atoms with Gasteiger partial charge >= 0.3 is 0 Å². The summed E-state index contributed by atoms with van der Waals surface area (Å²) in [6.07, 6.45) is 2.57. The van der Waals surface area contributed by atoms with Crippen LogP contribution >= 0.6 is 22.7 Å². The van der Waals surface area contributed by atoms with E-state index in [0.29, 0.717) is 5.13 Å². The number of aromatic nitrogens is 3. The lowest BCUT2D eigenvalue weighted by atomic mass is 10.0. The van der Waals surface area contributed by atoms with Crippen molar-refractivity contribution in [1.82, 2.24) is 15.2 Å². The van der Waals surface area contributed by atoms with Crippen LogP contribution in [-0.2, 0) is 0 Å². The van der Waals surface area contributed by atoms with Crippen molar-refractivity contribution >= 4 is 32.9 Å². The van der Waals surface area contributed by atoms with Gasteiger partial charge in [0.25, 0.3) is 0 Å². The van der Waals surface area contributed by atoms with Crippen LogP contribution in [0.3, 0.4) is 0 Å². The maximum atomic E-state index is 5.59. The second-order valence-corrected chi connectivity index (χ2v) is 6.50. The van der Waals surface area contributed by atoms with Crippen LogP contribution in [0.2, 0.25) is 0 Å². The number of nitrogens with zero attached hydrogens (tertiary/aromatic N) is 4. The summed E-state index contributed by atoms with van der Waals surface area (Å²) in [6, 6.07) is 0. The van der Waals surface area contributed by atoms with Crippen molar-refractivity contribution in [1.29, 1.82) is 0 Å². The molecular weight excluding hydrogens is 266 g/mol. The van der Waals surface area contributed by atoms with E-state index in [1.165, 1.54) is 24.2 Å². The van der Waals surface area contributed by atoms with Crippen LogP contribution in [0.4, 0.5) is 10.3 Å². The van der Waals surface area contributed by atoms with Crippen LogP contribution in [-0.4, -0.2) is 28.3 Å². The minimum absolute atomic E-state index is 0.492. The predicted octanol–water partition coefficient (Wildman–Crippen LogP) is 2.48. The predicted molar refractivity (Wildman–Crippen MR) is 76.0 cm³/mol. The summed E-state index contributed by atoms with van der Waals surface area (Å²) in [4.78, 5) is 7.02. The Kier molecular flexibility index (Phi) is 3.17. The first-order chi connectivity index (χ1) is 8.72. The Labute approximate surface area is 114 Å². The molecule has 0 amide bonds. The molecule has 1 aliphatic heterocycles. The quantitative estimate of drug-likeness (QED) is 0.916. The Morgan fingerprint density at radius 3 is 3.06 bits per heavy atom. The molecule has 3 heterocycles. The zero-order valence-electron chi connectivity index (χ0n) is 10.2. The van der Waals surface area contributed by atoms with Gasteiger partial charge in [0, 0.05) is 18.5 Å². The van der Waals surface area contributed by atoms with Gasteiger partial charge in [-0.1, -0.05) is 18.3 Å². The molecular formula is C11H15N5S2. The maximum absolute atomic E-state index is 5.59. The van der Waals surface area contributed by atoms with Crippen molar-refractivity contribution in [3.8, 4) is 10.7 Å². The van der Waals surface area contributed by atoms with Crippen molar-refractivity contribution in [2.45, 2.75) is 19.8 Å². The minimum Gasteiger partial charge on any atom is -0.374 e. The van der Waals surface area contributed by atoms with E-state index in [4.69, 9.17) is 5.73 Å². The van der Waals surface area contributed by atoms with Crippen LogP contribution in [0, 0.1) is 5.92 Å². The molecule has 96 valence electrons. The van der Waals surface area contributed by atoms with Gasteiger partial charge in [-0.05, 0) is 18.8 Å². The number of nitrogen functional groups attached to an aromatic ring is 1. The van der Waals surface area contributed by atoms with Crippen LogP contribution in [0.15, 0.2) is 5.38 Å². The van der Waals surface area contributed by atoms with Gasteiger partial charge in [-0.3, -0.25) is 0 Å². The van der Waals surface area contributed by atoms with E-state index in [2.05, 4.69) is 27.0 Å². The second-order valence-electron chi connectivity index (χ2n) is 4.65. The second kappa shape index (κ2) is 4.81. The summed E-state index contributed by atoms with van der Waals surface area (Å²) in [5.41, 5.74) is 6.48. The molecule has 1 aliphatic rings. The van der Waals surface area contributed by atoms with Crippen molar-refractivity contribution in [2.24, 2.45) is 5.92 Å². The summed E-state index contributed by atoms with van der Waals surface area (Å²) in [5.74, 6) is 0.753. The number of hydrogen-bond donors (Lipinski definition) is 1. The lowest BCUT2D eigenvalue weighted by Gasteiger charge is -2.30. The highest BCUT2D eigenvalue weighted by atomic mass is 32.1. The molecule has 1 saturated heterocycles.